The molecule has 20 heavy (non-hydrogen) atoms. The summed E-state index contributed by atoms with van der Waals surface area (Å²) in [4.78, 5) is 0. The maximum absolute atomic E-state index is 5.18. The van der Waals surface area contributed by atoms with Crippen molar-refractivity contribution in [3.05, 3.63) is 65.2 Å². The van der Waals surface area contributed by atoms with Crippen molar-refractivity contribution in [3.63, 3.8) is 0 Å². The summed E-state index contributed by atoms with van der Waals surface area (Å²) in [6, 6.07) is 17.7. The minimum absolute atomic E-state index is 0.590. The summed E-state index contributed by atoms with van der Waals surface area (Å²) in [6.07, 6.45) is 3.57. The van der Waals surface area contributed by atoms with Gasteiger partial charge in [0.1, 0.15) is 5.75 Å². The molecule has 1 aliphatic rings. The summed E-state index contributed by atoms with van der Waals surface area (Å²) in [7, 11) is 1.70. The number of methoxy groups -OCH3 is 1. The Kier molecular flexibility index (Phi) is 4.03. The molecular formula is C18H21NO. The van der Waals surface area contributed by atoms with Gasteiger partial charge in [0.25, 0.3) is 0 Å². The maximum atomic E-state index is 5.18. The Hall–Kier alpha value is -1.80. The molecule has 3 rings (SSSR count). The number of rotatable bonds is 4. The number of hydrogen-bond acceptors (Lipinski definition) is 2. The van der Waals surface area contributed by atoms with Gasteiger partial charge in [0, 0.05) is 12.6 Å². The van der Waals surface area contributed by atoms with Crippen LogP contribution in [0.3, 0.4) is 0 Å². The highest BCUT2D eigenvalue weighted by molar-refractivity contribution is 5.31. The third-order valence-electron chi connectivity index (χ3n) is 4.10. The molecule has 2 aromatic carbocycles. The van der Waals surface area contributed by atoms with Crippen LogP contribution in [0.2, 0.25) is 0 Å². The lowest BCUT2D eigenvalue weighted by Crippen LogP contribution is -2.34. The standard InChI is InChI=1S/C18H21NO/c1-20-18-10-6-14(7-11-18)13-19-17-9-8-15-4-2-3-5-16(15)12-17/h2-7,10-11,17,19H,8-9,12-13H2,1H3. The normalized spacial score (nSPS) is 17.6. The zero-order chi connectivity index (χ0) is 13.8. The van der Waals surface area contributed by atoms with Gasteiger partial charge in [-0.25, -0.2) is 0 Å². The molecule has 0 saturated carbocycles. The van der Waals surface area contributed by atoms with Crippen molar-refractivity contribution < 1.29 is 4.74 Å². The van der Waals surface area contributed by atoms with E-state index in [1.54, 1.807) is 7.11 Å². The van der Waals surface area contributed by atoms with E-state index < -0.39 is 0 Å². The quantitative estimate of drug-likeness (QED) is 0.917. The fourth-order valence-corrected chi connectivity index (χ4v) is 2.88. The van der Waals surface area contributed by atoms with Gasteiger partial charge in [-0.15, -0.1) is 0 Å². The highest BCUT2D eigenvalue weighted by Gasteiger charge is 2.17. The summed E-state index contributed by atoms with van der Waals surface area (Å²) >= 11 is 0. The number of benzene rings is 2. The van der Waals surface area contributed by atoms with Crippen LogP contribution in [0.15, 0.2) is 48.5 Å². The van der Waals surface area contributed by atoms with Crippen molar-refractivity contribution in [2.45, 2.75) is 31.8 Å². The zero-order valence-corrected chi connectivity index (χ0v) is 11.9. The lowest BCUT2D eigenvalue weighted by Gasteiger charge is -2.25. The fraction of sp³-hybridized carbons (Fsp3) is 0.333. The highest BCUT2D eigenvalue weighted by atomic mass is 16.5. The molecule has 1 atom stereocenters. The molecule has 0 saturated heterocycles. The average Bonchev–Trinajstić information content (AvgIpc) is 2.53. The molecule has 0 aliphatic heterocycles. The van der Waals surface area contributed by atoms with E-state index in [1.807, 2.05) is 12.1 Å². The number of aryl methyl sites for hydroxylation is 1. The van der Waals surface area contributed by atoms with Gasteiger partial charge in [-0.3, -0.25) is 0 Å². The summed E-state index contributed by atoms with van der Waals surface area (Å²) < 4.78 is 5.18. The van der Waals surface area contributed by atoms with E-state index in [4.69, 9.17) is 4.74 Å². The number of hydrogen-bond donors (Lipinski definition) is 1. The lowest BCUT2D eigenvalue weighted by atomic mass is 9.88. The summed E-state index contributed by atoms with van der Waals surface area (Å²) in [5.74, 6) is 0.917. The molecular weight excluding hydrogens is 246 g/mol. The van der Waals surface area contributed by atoms with Crippen molar-refractivity contribution in [1.29, 1.82) is 0 Å². The molecule has 1 N–H and O–H groups in total. The first kappa shape index (κ1) is 13.2. The molecule has 1 aliphatic carbocycles. The Bertz CT molecular complexity index is 562. The largest absolute Gasteiger partial charge is 0.497 e. The fourth-order valence-electron chi connectivity index (χ4n) is 2.88. The number of nitrogens with one attached hydrogen (secondary N) is 1. The van der Waals surface area contributed by atoms with E-state index in [1.165, 1.54) is 29.5 Å². The Morgan fingerprint density at radius 2 is 1.80 bits per heavy atom. The third kappa shape index (κ3) is 3.02. The SMILES string of the molecule is COc1ccc(CNC2CCc3ccccc3C2)cc1. The van der Waals surface area contributed by atoms with Crippen LogP contribution in [0.4, 0.5) is 0 Å². The van der Waals surface area contributed by atoms with Crippen molar-refractivity contribution >= 4 is 0 Å². The summed E-state index contributed by atoms with van der Waals surface area (Å²) in [6.45, 7) is 0.927. The third-order valence-corrected chi connectivity index (χ3v) is 4.10. The van der Waals surface area contributed by atoms with Crippen molar-refractivity contribution in [2.24, 2.45) is 0 Å². The van der Waals surface area contributed by atoms with Crippen molar-refractivity contribution in [3.8, 4) is 5.75 Å². The number of ether oxygens (including phenoxy) is 1. The van der Waals surface area contributed by atoms with Crippen LogP contribution < -0.4 is 10.1 Å². The minimum atomic E-state index is 0.590. The van der Waals surface area contributed by atoms with Gasteiger partial charge in [0.15, 0.2) is 0 Å². The highest BCUT2D eigenvalue weighted by Crippen LogP contribution is 2.21. The first-order valence-electron chi connectivity index (χ1n) is 7.28. The second-order valence-corrected chi connectivity index (χ2v) is 5.44. The molecule has 0 amide bonds. The van der Waals surface area contributed by atoms with E-state index in [9.17, 15) is 0 Å². The minimum Gasteiger partial charge on any atom is -0.497 e. The van der Waals surface area contributed by atoms with Gasteiger partial charge >= 0.3 is 0 Å². The molecule has 1 unspecified atom stereocenters. The Morgan fingerprint density at radius 3 is 2.55 bits per heavy atom. The van der Waals surface area contributed by atoms with Crippen LogP contribution >= 0.6 is 0 Å². The first-order chi connectivity index (χ1) is 9.85. The van der Waals surface area contributed by atoms with Crippen molar-refractivity contribution in [1.82, 2.24) is 5.32 Å². The molecule has 2 nitrogen and oxygen atoms in total. The van der Waals surface area contributed by atoms with E-state index >= 15 is 0 Å². The number of fused-ring (bicyclic) bond motifs is 1. The Morgan fingerprint density at radius 1 is 1.05 bits per heavy atom. The van der Waals surface area contributed by atoms with Crippen LogP contribution in [0.1, 0.15) is 23.1 Å². The lowest BCUT2D eigenvalue weighted by molar-refractivity contribution is 0.414. The molecule has 104 valence electrons. The molecule has 0 bridgehead atoms. The summed E-state index contributed by atoms with van der Waals surface area (Å²) in [5, 5.41) is 3.68. The monoisotopic (exact) mass is 267 g/mol. The smallest absolute Gasteiger partial charge is 0.118 e. The second-order valence-electron chi connectivity index (χ2n) is 5.44. The molecule has 0 heterocycles. The zero-order valence-electron chi connectivity index (χ0n) is 11.9. The van der Waals surface area contributed by atoms with Gasteiger partial charge in [-0.2, -0.15) is 0 Å². The predicted molar refractivity (Wildman–Crippen MR) is 82.1 cm³/mol. The second kappa shape index (κ2) is 6.10. The van der Waals surface area contributed by atoms with Gasteiger partial charge < -0.3 is 10.1 Å². The van der Waals surface area contributed by atoms with Crippen LogP contribution in [0.25, 0.3) is 0 Å². The van der Waals surface area contributed by atoms with Crippen LogP contribution in [-0.2, 0) is 19.4 Å². The average molecular weight is 267 g/mol. The van der Waals surface area contributed by atoms with Gasteiger partial charge in [-0.1, -0.05) is 36.4 Å². The maximum Gasteiger partial charge on any atom is 0.118 e. The van der Waals surface area contributed by atoms with Gasteiger partial charge in [0.2, 0.25) is 0 Å². The van der Waals surface area contributed by atoms with Crippen LogP contribution in [0, 0.1) is 0 Å². The summed E-state index contributed by atoms with van der Waals surface area (Å²) in [5.41, 5.74) is 4.34. The van der Waals surface area contributed by atoms with E-state index in [0.29, 0.717) is 6.04 Å². The Balaban J connectivity index is 1.57. The first-order valence-corrected chi connectivity index (χ1v) is 7.28. The van der Waals surface area contributed by atoms with E-state index in [-0.39, 0.29) is 0 Å². The van der Waals surface area contributed by atoms with Gasteiger partial charge in [-0.05, 0) is 48.1 Å². The van der Waals surface area contributed by atoms with Crippen molar-refractivity contribution in [2.75, 3.05) is 7.11 Å². The Labute approximate surface area is 120 Å². The molecule has 2 heteroatoms. The molecule has 0 aromatic heterocycles. The topological polar surface area (TPSA) is 21.3 Å². The molecule has 0 spiro atoms. The molecule has 0 fully saturated rings. The van der Waals surface area contributed by atoms with E-state index in [2.05, 4.69) is 41.7 Å². The molecule has 0 radical (unpaired) electrons. The van der Waals surface area contributed by atoms with Crippen LogP contribution in [-0.4, -0.2) is 13.2 Å². The van der Waals surface area contributed by atoms with Gasteiger partial charge in [0.05, 0.1) is 7.11 Å². The van der Waals surface area contributed by atoms with Crippen LogP contribution in [0.5, 0.6) is 5.75 Å². The molecule has 2 aromatic rings. The predicted octanol–water partition coefficient (Wildman–Crippen LogP) is 3.34. The van der Waals surface area contributed by atoms with E-state index in [0.717, 1.165) is 18.7 Å².